The van der Waals surface area contributed by atoms with E-state index in [9.17, 15) is 9.59 Å². The van der Waals surface area contributed by atoms with E-state index in [1.165, 1.54) is 39.6 Å². The summed E-state index contributed by atoms with van der Waals surface area (Å²) < 4.78 is 1.30. The van der Waals surface area contributed by atoms with Gasteiger partial charge in [-0.2, -0.15) is 0 Å². The molecule has 0 aliphatic heterocycles. The number of benzene rings is 1. The second-order valence-electron chi connectivity index (χ2n) is 6.25. The van der Waals surface area contributed by atoms with Gasteiger partial charge in [-0.25, -0.2) is 9.97 Å². The molecule has 0 spiro atoms. The number of hydrogen-bond acceptors (Lipinski definition) is 5. The highest BCUT2D eigenvalue weighted by Gasteiger charge is 2.16. The first kappa shape index (κ1) is 16.7. The second kappa shape index (κ2) is 7.21. The van der Waals surface area contributed by atoms with Crippen LogP contribution in [0.1, 0.15) is 23.4 Å². The Bertz CT molecular complexity index is 971. The van der Waals surface area contributed by atoms with Gasteiger partial charge in [0.05, 0.1) is 17.7 Å². The number of carbonyl (C=O) groups is 1. The van der Waals surface area contributed by atoms with E-state index in [0.29, 0.717) is 10.8 Å². The molecule has 1 aliphatic rings. The molecule has 0 radical (unpaired) electrons. The smallest absolute Gasteiger partial charge is 0.254 e. The lowest BCUT2D eigenvalue weighted by atomic mass is 10.0. The van der Waals surface area contributed by atoms with Crippen LogP contribution >= 0.6 is 11.3 Å². The van der Waals surface area contributed by atoms with Gasteiger partial charge in [0.25, 0.3) is 5.56 Å². The fourth-order valence-electron chi connectivity index (χ4n) is 3.03. The molecule has 6 nitrogen and oxygen atoms in total. The minimum atomic E-state index is -0.271. The van der Waals surface area contributed by atoms with E-state index in [1.54, 1.807) is 0 Å². The first-order valence-electron chi connectivity index (χ1n) is 8.59. The van der Waals surface area contributed by atoms with Gasteiger partial charge in [0.1, 0.15) is 6.54 Å². The summed E-state index contributed by atoms with van der Waals surface area (Å²) in [6.45, 7) is -0.0782. The van der Waals surface area contributed by atoms with Crippen LogP contribution in [0.5, 0.6) is 0 Å². The van der Waals surface area contributed by atoms with Crippen molar-refractivity contribution in [1.82, 2.24) is 14.5 Å². The fraction of sp³-hybridized carbons (Fsp3) is 0.263. The fourth-order valence-corrected chi connectivity index (χ4v) is 4.10. The Morgan fingerprint density at radius 2 is 2.00 bits per heavy atom. The Kier molecular flexibility index (Phi) is 4.62. The highest BCUT2D eigenvalue weighted by Crippen LogP contribution is 2.29. The van der Waals surface area contributed by atoms with Crippen LogP contribution in [-0.2, 0) is 24.2 Å². The van der Waals surface area contributed by atoms with E-state index in [0.717, 1.165) is 30.5 Å². The number of thiazole rings is 1. The molecule has 0 bridgehead atoms. The number of aryl methyl sites for hydroxylation is 2. The van der Waals surface area contributed by atoms with Crippen LogP contribution < -0.4 is 10.9 Å². The lowest BCUT2D eigenvalue weighted by Gasteiger charge is -2.06. The Balaban J connectivity index is 1.46. The molecule has 1 aromatic carbocycles. The SMILES string of the molecule is O=C(Cn1cnc(-c2ccccc2)cc1=O)Nc1nc2c(s1)CCCC2. The Morgan fingerprint density at radius 1 is 1.19 bits per heavy atom. The second-order valence-corrected chi connectivity index (χ2v) is 7.33. The molecule has 4 rings (SSSR count). The molecule has 0 saturated carbocycles. The molecule has 7 heteroatoms. The van der Waals surface area contributed by atoms with Crippen molar-refractivity contribution >= 4 is 22.4 Å². The number of anilines is 1. The average Bonchev–Trinajstić information content (AvgIpc) is 3.06. The van der Waals surface area contributed by atoms with Crippen molar-refractivity contribution in [2.75, 3.05) is 5.32 Å². The van der Waals surface area contributed by atoms with E-state index in [-0.39, 0.29) is 18.0 Å². The third-order valence-corrected chi connectivity index (χ3v) is 5.43. The normalized spacial score (nSPS) is 13.2. The van der Waals surface area contributed by atoms with Crippen molar-refractivity contribution in [2.24, 2.45) is 0 Å². The molecular weight excluding hydrogens is 348 g/mol. The molecule has 0 unspecified atom stereocenters. The zero-order valence-electron chi connectivity index (χ0n) is 14.1. The molecule has 0 saturated heterocycles. The van der Waals surface area contributed by atoms with Gasteiger partial charge >= 0.3 is 0 Å². The molecule has 0 fully saturated rings. The monoisotopic (exact) mass is 366 g/mol. The molecule has 132 valence electrons. The third kappa shape index (κ3) is 3.57. The quantitative estimate of drug-likeness (QED) is 0.770. The number of carbonyl (C=O) groups excluding carboxylic acids is 1. The molecule has 2 aromatic heterocycles. The van der Waals surface area contributed by atoms with E-state index in [2.05, 4.69) is 15.3 Å². The predicted octanol–water partition coefficient (Wildman–Crippen LogP) is 2.88. The summed E-state index contributed by atoms with van der Waals surface area (Å²) in [7, 11) is 0. The van der Waals surface area contributed by atoms with E-state index < -0.39 is 0 Å². The summed E-state index contributed by atoms with van der Waals surface area (Å²) >= 11 is 1.53. The van der Waals surface area contributed by atoms with Gasteiger partial charge in [0.2, 0.25) is 5.91 Å². The van der Waals surface area contributed by atoms with Crippen LogP contribution in [0, 0.1) is 0 Å². The maximum atomic E-state index is 12.3. The van der Waals surface area contributed by atoms with Crippen molar-refractivity contribution in [3.63, 3.8) is 0 Å². The van der Waals surface area contributed by atoms with Crippen LogP contribution in [0.15, 0.2) is 47.5 Å². The van der Waals surface area contributed by atoms with Crippen molar-refractivity contribution in [3.05, 3.63) is 63.7 Å². The topological polar surface area (TPSA) is 76.9 Å². The van der Waals surface area contributed by atoms with Crippen molar-refractivity contribution < 1.29 is 4.79 Å². The zero-order chi connectivity index (χ0) is 17.9. The van der Waals surface area contributed by atoms with E-state index in [4.69, 9.17) is 0 Å². The van der Waals surface area contributed by atoms with Crippen LogP contribution in [0.2, 0.25) is 0 Å². The van der Waals surface area contributed by atoms with Gasteiger partial charge < -0.3 is 5.32 Å². The Labute approximate surface area is 154 Å². The average molecular weight is 366 g/mol. The Morgan fingerprint density at radius 3 is 2.77 bits per heavy atom. The zero-order valence-corrected chi connectivity index (χ0v) is 15.0. The van der Waals surface area contributed by atoms with Crippen molar-refractivity contribution in [2.45, 2.75) is 32.2 Å². The Hall–Kier alpha value is -2.80. The maximum Gasteiger partial charge on any atom is 0.254 e. The molecule has 2 heterocycles. The summed E-state index contributed by atoms with van der Waals surface area (Å²) in [5.41, 5.74) is 2.31. The summed E-state index contributed by atoms with van der Waals surface area (Å²) in [6.07, 6.45) is 5.76. The van der Waals surface area contributed by atoms with Crippen molar-refractivity contribution in [3.8, 4) is 11.3 Å². The number of aromatic nitrogens is 3. The molecule has 0 atom stereocenters. The van der Waals surface area contributed by atoms with Gasteiger partial charge in [-0.15, -0.1) is 11.3 Å². The molecular formula is C19H18N4O2S. The first-order chi connectivity index (χ1) is 12.7. The van der Waals surface area contributed by atoms with Gasteiger partial charge in [0, 0.05) is 16.5 Å². The number of hydrogen-bond donors (Lipinski definition) is 1. The summed E-state index contributed by atoms with van der Waals surface area (Å²) in [5, 5.41) is 3.42. The number of amides is 1. The lowest BCUT2D eigenvalue weighted by molar-refractivity contribution is -0.116. The number of nitrogens with one attached hydrogen (secondary N) is 1. The minimum Gasteiger partial charge on any atom is -0.300 e. The van der Waals surface area contributed by atoms with Gasteiger partial charge in [-0.1, -0.05) is 30.3 Å². The van der Waals surface area contributed by atoms with Crippen molar-refractivity contribution in [1.29, 1.82) is 0 Å². The molecule has 26 heavy (non-hydrogen) atoms. The first-order valence-corrected chi connectivity index (χ1v) is 9.41. The summed E-state index contributed by atoms with van der Waals surface area (Å²) in [6, 6.07) is 10.9. The standard InChI is InChI=1S/C19H18N4O2S/c24-17(22-19-21-14-8-4-5-9-16(14)26-19)11-23-12-20-15(10-18(23)25)13-6-2-1-3-7-13/h1-3,6-7,10,12H,4-5,8-9,11H2,(H,21,22,24). The highest BCUT2D eigenvalue weighted by atomic mass is 32.1. The van der Waals surface area contributed by atoms with Gasteiger partial charge in [0.15, 0.2) is 5.13 Å². The maximum absolute atomic E-state index is 12.3. The van der Waals surface area contributed by atoms with Crippen LogP contribution in [0.3, 0.4) is 0 Å². The number of nitrogens with zero attached hydrogens (tertiary/aromatic N) is 3. The van der Waals surface area contributed by atoms with E-state index in [1.807, 2.05) is 30.3 Å². The van der Waals surface area contributed by atoms with Gasteiger partial charge in [-0.05, 0) is 25.7 Å². The summed E-state index contributed by atoms with van der Waals surface area (Å²) in [5.74, 6) is -0.271. The molecule has 3 aromatic rings. The number of fused-ring (bicyclic) bond motifs is 1. The molecule has 1 N–H and O–H groups in total. The summed E-state index contributed by atoms with van der Waals surface area (Å²) in [4.78, 5) is 34.6. The minimum absolute atomic E-state index is 0.0782. The van der Waals surface area contributed by atoms with Crippen LogP contribution in [-0.4, -0.2) is 20.4 Å². The van der Waals surface area contributed by atoms with E-state index >= 15 is 0 Å². The van der Waals surface area contributed by atoms with Crippen LogP contribution in [0.25, 0.3) is 11.3 Å². The predicted molar refractivity (Wildman–Crippen MR) is 101 cm³/mol. The number of rotatable bonds is 4. The third-order valence-electron chi connectivity index (χ3n) is 4.36. The van der Waals surface area contributed by atoms with Gasteiger partial charge in [-0.3, -0.25) is 14.2 Å². The largest absolute Gasteiger partial charge is 0.300 e. The molecule has 1 amide bonds. The van der Waals surface area contributed by atoms with Crippen LogP contribution in [0.4, 0.5) is 5.13 Å². The lowest BCUT2D eigenvalue weighted by Crippen LogP contribution is -2.27. The molecule has 1 aliphatic carbocycles. The highest BCUT2D eigenvalue weighted by molar-refractivity contribution is 7.15.